The lowest BCUT2D eigenvalue weighted by Crippen LogP contribution is -2.38. The normalized spacial score (nSPS) is 20.2. The van der Waals surface area contributed by atoms with Crippen LogP contribution in [0.5, 0.6) is 0 Å². The van der Waals surface area contributed by atoms with Crippen molar-refractivity contribution in [3.8, 4) is 0 Å². The molecule has 174 valence electrons. The molecular formula is C20H29F3N4O4. The molecule has 0 aromatic carbocycles. The predicted octanol–water partition coefficient (Wildman–Crippen LogP) is 2.17. The first-order valence-electron chi connectivity index (χ1n) is 10.6. The van der Waals surface area contributed by atoms with Crippen LogP contribution >= 0.6 is 0 Å². The third kappa shape index (κ3) is 6.93. The minimum absolute atomic E-state index is 0.202. The predicted molar refractivity (Wildman–Crippen MR) is 104 cm³/mol. The Hall–Kier alpha value is -2.14. The molecule has 0 atom stereocenters. The molecule has 0 bridgehead atoms. The molecule has 8 nitrogen and oxygen atoms in total. The van der Waals surface area contributed by atoms with Crippen LogP contribution in [0.2, 0.25) is 0 Å². The summed E-state index contributed by atoms with van der Waals surface area (Å²) in [6, 6.07) is 0. The first kappa shape index (κ1) is 23.5. The van der Waals surface area contributed by atoms with Crippen molar-refractivity contribution in [2.45, 2.75) is 57.9 Å². The number of alkyl halides is 3. The summed E-state index contributed by atoms with van der Waals surface area (Å²) in [5.41, 5.74) is 0.991. The van der Waals surface area contributed by atoms with E-state index < -0.39 is 12.1 Å². The number of halogens is 3. The topological polar surface area (TPSA) is 96.7 Å². The zero-order valence-electron chi connectivity index (χ0n) is 17.4. The van der Waals surface area contributed by atoms with Crippen molar-refractivity contribution in [1.29, 1.82) is 0 Å². The number of nitrogens with one attached hydrogen (secondary N) is 1. The van der Waals surface area contributed by atoms with Crippen LogP contribution in [0.25, 0.3) is 0 Å². The Morgan fingerprint density at radius 3 is 2.45 bits per heavy atom. The second-order valence-electron chi connectivity index (χ2n) is 8.28. The fraction of sp³-hybridized carbons (Fsp3) is 0.750. The Morgan fingerprint density at radius 2 is 1.87 bits per heavy atom. The average Bonchev–Trinajstić information content (AvgIpc) is 3.08. The lowest BCUT2D eigenvalue weighted by molar-refractivity contribution is -0.192. The number of hydrogen-bond donors (Lipinski definition) is 2. The van der Waals surface area contributed by atoms with Crippen LogP contribution < -0.4 is 5.32 Å². The minimum atomic E-state index is -5.08. The van der Waals surface area contributed by atoms with Gasteiger partial charge in [0, 0.05) is 45.0 Å². The zero-order valence-corrected chi connectivity index (χ0v) is 17.4. The minimum Gasteiger partial charge on any atom is -0.475 e. The van der Waals surface area contributed by atoms with Crippen molar-refractivity contribution in [2.24, 2.45) is 11.8 Å². The summed E-state index contributed by atoms with van der Waals surface area (Å²) in [6.45, 7) is 6.57. The first-order valence-corrected chi connectivity index (χ1v) is 10.6. The first-order chi connectivity index (χ1) is 14.7. The van der Waals surface area contributed by atoms with Crippen LogP contribution in [0, 0.1) is 11.8 Å². The van der Waals surface area contributed by atoms with Crippen molar-refractivity contribution >= 4 is 11.9 Å². The molecule has 2 fully saturated rings. The van der Waals surface area contributed by atoms with Gasteiger partial charge in [-0.25, -0.2) is 9.78 Å². The highest BCUT2D eigenvalue weighted by Gasteiger charge is 2.38. The number of carboxylic acid groups (broad SMARTS) is 1. The largest absolute Gasteiger partial charge is 0.490 e. The second-order valence-corrected chi connectivity index (χ2v) is 8.28. The second kappa shape index (κ2) is 10.4. The van der Waals surface area contributed by atoms with E-state index in [0.717, 1.165) is 69.7 Å². The lowest BCUT2D eigenvalue weighted by atomic mass is 9.85. The molecule has 2 N–H and O–H groups in total. The van der Waals surface area contributed by atoms with Crippen molar-refractivity contribution in [1.82, 2.24) is 19.8 Å². The summed E-state index contributed by atoms with van der Waals surface area (Å²) in [7, 11) is 0. The summed E-state index contributed by atoms with van der Waals surface area (Å²) >= 11 is 0. The van der Waals surface area contributed by atoms with Crippen LogP contribution in [0.4, 0.5) is 13.2 Å². The molecule has 3 heterocycles. The number of imidazole rings is 1. The van der Waals surface area contributed by atoms with E-state index in [1.165, 1.54) is 19.3 Å². The van der Waals surface area contributed by atoms with Crippen molar-refractivity contribution in [3.63, 3.8) is 0 Å². The number of aliphatic carboxylic acids is 1. The van der Waals surface area contributed by atoms with Gasteiger partial charge in [0.1, 0.15) is 5.82 Å². The number of hydrogen-bond acceptors (Lipinski definition) is 5. The van der Waals surface area contributed by atoms with E-state index in [0.29, 0.717) is 6.54 Å². The van der Waals surface area contributed by atoms with Crippen LogP contribution in [-0.4, -0.2) is 63.9 Å². The van der Waals surface area contributed by atoms with Gasteiger partial charge >= 0.3 is 12.1 Å². The molecule has 1 aromatic rings. The van der Waals surface area contributed by atoms with Gasteiger partial charge in [0.15, 0.2) is 0 Å². The molecule has 1 saturated carbocycles. The molecule has 1 amide bonds. The number of carbonyl (C=O) groups is 2. The third-order valence-electron chi connectivity index (χ3n) is 5.95. The van der Waals surface area contributed by atoms with Gasteiger partial charge in [0.2, 0.25) is 5.91 Å². The number of carboxylic acids is 1. The van der Waals surface area contributed by atoms with Crippen LogP contribution in [0.3, 0.4) is 0 Å². The molecule has 2 aliphatic heterocycles. The summed E-state index contributed by atoms with van der Waals surface area (Å²) in [5, 5.41) is 10.2. The quantitative estimate of drug-likeness (QED) is 0.720. The number of fused-ring (bicyclic) bond motifs is 1. The van der Waals surface area contributed by atoms with Gasteiger partial charge in [-0.3, -0.25) is 9.69 Å². The molecule has 1 aromatic heterocycles. The lowest BCUT2D eigenvalue weighted by Gasteiger charge is -2.32. The number of carbonyl (C=O) groups excluding carboxylic acids is 1. The molecule has 4 rings (SSSR count). The molecular weight excluding hydrogens is 417 g/mol. The Bertz CT molecular complexity index is 758. The molecule has 1 saturated heterocycles. The highest BCUT2D eigenvalue weighted by atomic mass is 19.4. The van der Waals surface area contributed by atoms with E-state index in [1.807, 2.05) is 0 Å². The molecule has 3 aliphatic rings. The average molecular weight is 446 g/mol. The molecule has 31 heavy (non-hydrogen) atoms. The van der Waals surface area contributed by atoms with Crippen molar-refractivity contribution in [2.75, 3.05) is 26.3 Å². The maximum atomic E-state index is 12.0. The van der Waals surface area contributed by atoms with Crippen molar-refractivity contribution < 1.29 is 32.6 Å². The Balaban J connectivity index is 0.000000339. The molecule has 11 heteroatoms. The van der Waals surface area contributed by atoms with Gasteiger partial charge < -0.3 is 19.7 Å². The van der Waals surface area contributed by atoms with Gasteiger partial charge in [0.05, 0.1) is 18.8 Å². The number of ether oxygens (including phenoxy) is 1. The highest BCUT2D eigenvalue weighted by Crippen LogP contribution is 2.26. The van der Waals surface area contributed by atoms with E-state index in [4.69, 9.17) is 19.6 Å². The third-order valence-corrected chi connectivity index (χ3v) is 5.95. The number of aromatic nitrogens is 2. The number of nitrogens with zero attached hydrogens (tertiary/aromatic N) is 3. The number of amides is 1. The van der Waals surface area contributed by atoms with Gasteiger partial charge in [-0.05, 0) is 31.6 Å². The number of rotatable bonds is 5. The van der Waals surface area contributed by atoms with Crippen LogP contribution in [0.15, 0.2) is 6.20 Å². The summed E-state index contributed by atoms with van der Waals surface area (Å²) in [6.07, 6.45) is 2.69. The Morgan fingerprint density at radius 1 is 1.19 bits per heavy atom. The van der Waals surface area contributed by atoms with E-state index in [1.54, 1.807) is 0 Å². The maximum absolute atomic E-state index is 12.0. The van der Waals surface area contributed by atoms with E-state index in [2.05, 4.69) is 21.0 Å². The smallest absolute Gasteiger partial charge is 0.475 e. The monoisotopic (exact) mass is 446 g/mol. The van der Waals surface area contributed by atoms with Gasteiger partial charge in [-0.1, -0.05) is 6.42 Å². The van der Waals surface area contributed by atoms with Crippen LogP contribution in [0.1, 0.15) is 43.6 Å². The molecule has 0 spiro atoms. The summed E-state index contributed by atoms with van der Waals surface area (Å²) in [4.78, 5) is 28.1. The van der Waals surface area contributed by atoms with Gasteiger partial charge in [0.25, 0.3) is 0 Å². The standard InChI is InChI=1S/C18H28N4O2.C2HF3O2/c23-18(15-2-1-3-15)19-10-16-12-22-7-6-21(13-17(22)20-16)11-14-4-8-24-9-5-14;3-2(4,5)1(6)7/h12,14-15H,1-11,13H2,(H,19,23);(H,6,7). The SMILES string of the molecule is O=C(NCc1cn2c(n1)CN(CC1CCOCC1)CC2)C1CCC1.O=C(O)C(F)(F)F. The highest BCUT2D eigenvalue weighted by molar-refractivity contribution is 5.79. The molecule has 0 unspecified atom stereocenters. The molecule has 1 aliphatic carbocycles. The summed E-state index contributed by atoms with van der Waals surface area (Å²) < 4.78 is 39.4. The Labute approximate surface area is 178 Å². The van der Waals surface area contributed by atoms with E-state index in [9.17, 15) is 18.0 Å². The summed E-state index contributed by atoms with van der Waals surface area (Å²) in [5.74, 6) is -0.402. The van der Waals surface area contributed by atoms with Crippen LogP contribution in [-0.2, 0) is 34.0 Å². The van der Waals surface area contributed by atoms with Gasteiger partial charge in [-0.2, -0.15) is 13.2 Å². The van der Waals surface area contributed by atoms with Crippen molar-refractivity contribution in [3.05, 3.63) is 17.7 Å². The fourth-order valence-electron chi connectivity index (χ4n) is 3.89. The Kier molecular flexibility index (Phi) is 7.93. The van der Waals surface area contributed by atoms with E-state index >= 15 is 0 Å². The van der Waals surface area contributed by atoms with E-state index in [-0.39, 0.29) is 11.8 Å². The zero-order chi connectivity index (χ0) is 22.4. The van der Waals surface area contributed by atoms with Gasteiger partial charge in [-0.15, -0.1) is 0 Å². The fourth-order valence-corrected chi connectivity index (χ4v) is 3.89. The maximum Gasteiger partial charge on any atom is 0.490 e. The molecule has 0 radical (unpaired) electrons.